The molecule has 5 nitrogen and oxygen atoms in total. The van der Waals surface area contributed by atoms with Crippen LogP contribution in [-0.4, -0.2) is 30.8 Å². The summed E-state index contributed by atoms with van der Waals surface area (Å²) in [6, 6.07) is 14.7. The van der Waals surface area contributed by atoms with Gasteiger partial charge < -0.3 is 14.8 Å². The highest BCUT2D eigenvalue weighted by atomic mass is 127. The van der Waals surface area contributed by atoms with Crippen molar-refractivity contribution in [3.05, 3.63) is 57.7 Å². The molecule has 0 heterocycles. The van der Waals surface area contributed by atoms with Gasteiger partial charge in [0, 0.05) is 21.9 Å². The molecule has 0 fully saturated rings. The number of nitrogens with one attached hydrogen (secondary N) is 2. The Balaban J connectivity index is 1.90. The minimum Gasteiger partial charge on any atom is -0.491 e. The lowest BCUT2D eigenvalue weighted by Gasteiger charge is -2.12. The van der Waals surface area contributed by atoms with Gasteiger partial charge in [-0.15, -0.1) is 0 Å². The molecule has 0 spiro atoms. The fraction of sp³-hybridized carbons (Fsp3) is 0.222. The molecule has 2 N–H and O–H groups in total. The van der Waals surface area contributed by atoms with Crippen molar-refractivity contribution in [2.75, 3.05) is 25.1 Å². The summed E-state index contributed by atoms with van der Waals surface area (Å²) in [6.45, 7) is 3.62. The molecular formula is C18H19IN2O3S. The molecule has 0 radical (unpaired) electrons. The minimum absolute atomic E-state index is 0.233. The van der Waals surface area contributed by atoms with Gasteiger partial charge in [-0.3, -0.25) is 10.1 Å². The molecule has 7 heteroatoms. The standard InChI is InChI=1S/C18H19IN2O3S/c1-2-23-10-11-24-14-7-5-6-13(12-14)20-18(25)21-17(22)15-8-3-4-9-16(15)19/h3-9,12H,2,10-11H2,1H3,(H2,20,21,22,25). The highest BCUT2D eigenvalue weighted by Gasteiger charge is 2.11. The van der Waals surface area contributed by atoms with Crippen molar-refractivity contribution in [3.63, 3.8) is 0 Å². The van der Waals surface area contributed by atoms with Crippen LogP contribution in [0.4, 0.5) is 5.69 Å². The van der Waals surface area contributed by atoms with Gasteiger partial charge in [-0.25, -0.2) is 0 Å². The molecule has 1 amide bonds. The summed E-state index contributed by atoms with van der Waals surface area (Å²) in [4.78, 5) is 12.3. The average Bonchev–Trinajstić information content (AvgIpc) is 2.59. The lowest BCUT2D eigenvalue weighted by Crippen LogP contribution is -2.34. The van der Waals surface area contributed by atoms with Gasteiger partial charge in [-0.2, -0.15) is 0 Å². The lowest BCUT2D eigenvalue weighted by atomic mass is 10.2. The number of hydrogen-bond acceptors (Lipinski definition) is 4. The summed E-state index contributed by atoms with van der Waals surface area (Å²) in [7, 11) is 0. The fourth-order valence-electron chi connectivity index (χ4n) is 2.00. The Hall–Kier alpha value is -1.71. The number of carbonyl (C=O) groups excluding carboxylic acids is 1. The second-order valence-electron chi connectivity index (χ2n) is 4.96. The number of anilines is 1. The number of benzene rings is 2. The SMILES string of the molecule is CCOCCOc1cccc(NC(=S)NC(=O)c2ccccc2I)c1. The van der Waals surface area contributed by atoms with E-state index in [4.69, 9.17) is 21.7 Å². The molecule has 2 aromatic rings. The first-order chi connectivity index (χ1) is 12.1. The summed E-state index contributed by atoms with van der Waals surface area (Å²) in [5.74, 6) is 0.461. The zero-order chi connectivity index (χ0) is 18.1. The largest absolute Gasteiger partial charge is 0.491 e. The van der Waals surface area contributed by atoms with Crippen LogP contribution in [0, 0.1) is 3.57 Å². The first-order valence-corrected chi connectivity index (χ1v) is 9.26. The van der Waals surface area contributed by atoms with Gasteiger partial charge in [-0.05, 0) is 66.0 Å². The third-order valence-electron chi connectivity index (χ3n) is 3.14. The molecule has 2 aromatic carbocycles. The Kier molecular flexibility index (Phi) is 8.10. The molecule has 0 saturated heterocycles. The van der Waals surface area contributed by atoms with Gasteiger partial charge in [0.25, 0.3) is 5.91 Å². The van der Waals surface area contributed by atoms with Gasteiger partial charge in [-0.1, -0.05) is 18.2 Å². The zero-order valence-electron chi connectivity index (χ0n) is 13.8. The van der Waals surface area contributed by atoms with Crippen LogP contribution in [-0.2, 0) is 4.74 Å². The first-order valence-electron chi connectivity index (χ1n) is 7.77. The summed E-state index contributed by atoms with van der Waals surface area (Å²) in [6.07, 6.45) is 0. The first kappa shape index (κ1) is 19.6. The second-order valence-corrected chi connectivity index (χ2v) is 6.53. The summed E-state index contributed by atoms with van der Waals surface area (Å²) < 4.78 is 11.7. The van der Waals surface area contributed by atoms with Crippen LogP contribution in [0.25, 0.3) is 0 Å². The van der Waals surface area contributed by atoms with Crippen molar-refractivity contribution in [1.29, 1.82) is 0 Å². The van der Waals surface area contributed by atoms with Crippen molar-refractivity contribution in [2.45, 2.75) is 6.92 Å². The smallest absolute Gasteiger partial charge is 0.258 e. The Morgan fingerprint density at radius 1 is 1.16 bits per heavy atom. The molecule has 0 aromatic heterocycles. The van der Waals surface area contributed by atoms with Gasteiger partial charge in [0.1, 0.15) is 12.4 Å². The van der Waals surface area contributed by atoms with E-state index in [0.29, 0.717) is 31.1 Å². The average molecular weight is 470 g/mol. The number of carbonyl (C=O) groups is 1. The molecule has 0 aliphatic rings. The van der Waals surface area contributed by atoms with Gasteiger partial charge in [0.05, 0.1) is 12.2 Å². The molecule has 0 unspecified atom stereocenters. The molecule has 25 heavy (non-hydrogen) atoms. The number of halogens is 1. The van der Waals surface area contributed by atoms with E-state index in [0.717, 1.165) is 9.26 Å². The second kappa shape index (κ2) is 10.3. The predicted molar refractivity (Wildman–Crippen MR) is 111 cm³/mol. The molecular weight excluding hydrogens is 451 g/mol. The van der Waals surface area contributed by atoms with Crippen LogP contribution in [0.15, 0.2) is 48.5 Å². The van der Waals surface area contributed by atoms with Crippen molar-refractivity contribution >= 4 is 51.5 Å². The lowest BCUT2D eigenvalue weighted by molar-refractivity contribution is 0.0977. The van der Waals surface area contributed by atoms with Crippen LogP contribution >= 0.6 is 34.8 Å². The molecule has 0 aliphatic carbocycles. The van der Waals surface area contributed by atoms with Crippen LogP contribution in [0.1, 0.15) is 17.3 Å². The summed E-state index contributed by atoms with van der Waals surface area (Å²) in [5.41, 5.74) is 1.32. The van der Waals surface area contributed by atoms with Crippen LogP contribution in [0.5, 0.6) is 5.75 Å². The maximum absolute atomic E-state index is 12.3. The Bertz CT molecular complexity index is 740. The normalized spacial score (nSPS) is 10.2. The van der Waals surface area contributed by atoms with Gasteiger partial charge in [0.15, 0.2) is 5.11 Å². The monoisotopic (exact) mass is 470 g/mol. The third kappa shape index (κ3) is 6.60. The molecule has 132 valence electrons. The quantitative estimate of drug-likeness (QED) is 0.366. The number of hydrogen-bond donors (Lipinski definition) is 2. The zero-order valence-corrected chi connectivity index (χ0v) is 16.7. The maximum Gasteiger partial charge on any atom is 0.258 e. The highest BCUT2D eigenvalue weighted by molar-refractivity contribution is 14.1. The van der Waals surface area contributed by atoms with E-state index in [-0.39, 0.29) is 11.0 Å². The van der Waals surface area contributed by atoms with E-state index >= 15 is 0 Å². The Labute approximate surface area is 166 Å². The Morgan fingerprint density at radius 2 is 1.96 bits per heavy atom. The summed E-state index contributed by atoms with van der Waals surface area (Å²) in [5, 5.41) is 5.90. The molecule has 0 saturated carbocycles. The number of thiocarbonyl (C=S) groups is 1. The van der Waals surface area contributed by atoms with Crippen LogP contribution in [0.2, 0.25) is 0 Å². The van der Waals surface area contributed by atoms with E-state index in [1.807, 2.05) is 49.4 Å². The minimum atomic E-state index is -0.244. The van der Waals surface area contributed by atoms with E-state index in [1.165, 1.54) is 0 Å². The number of ether oxygens (including phenoxy) is 2. The molecule has 0 atom stereocenters. The van der Waals surface area contributed by atoms with Crippen molar-refractivity contribution in [1.82, 2.24) is 5.32 Å². The van der Waals surface area contributed by atoms with Crippen LogP contribution < -0.4 is 15.4 Å². The molecule has 0 bridgehead atoms. The number of rotatable bonds is 7. The third-order valence-corrected chi connectivity index (χ3v) is 4.28. The molecule has 2 rings (SSSR count). The predicted octanol–water partition coefficient (Wildman–Crippen LogP) is 3.83. The Morgan fingerprint density at radius 3 is 2.72 bits per heavy atom. The number of amides is 1. The topological polar surface area (TPSA) is 59.6 Å². The van der Waals surface area contributed by atoms with E-state index < -0.39 is 0 Å². The maximum atomic E-state index is 12.3. The van der Waals surface area contributed by atoms with E-state index in [1.54, 1.807) is 6.07 Å². The van der Waals surface area contributed by atoms with Crippen LogP contribution in [0.3, 0.4) is 0 Å². The van der Waals surface area contributed by atoms with Gasteiger partial charge in [0.2, 0.25) is 0 Å². The van der Waals surface area contributed by atoms with Crippen molar-refractivity contribution in [3.8, 4) is 5.75 Å². The summed E-state index contributed by atoms with van der Waals surface area (Å²) >= 11 is 7.33. The van der Waals surface area contributed by atoms with Gasteiger partial charge >= 0.3 is 0 Å². The van der Waals surface area contributed by atoms with E-state index in [9.17, 15) is 4.79 Å². The fourth-order valence-corrected chi connectivity index (χ4v) is 2.85. The highest BCUT2D eigenvalue weighted by Crippen LogP contribution is 2.17. The van der Waals surface area contributed by atoms with E-state index in [2.05, 4.69) is 33.2 Å². The van der Waals surface area contributed by atoms with Crippen molar-refractivity contribution in [2.24, 2.45) is 0 Å². The molecule has 0 aliphatic heterocycles. The van der Waals surface area contributed by atoms with Crippen molar-refractivity contribution < 1.29 is 14.3 Å².